The van der Waals surface area contributed by atoms with Gasteiger partial charge in [0.1, 0.15) is 12.6 Å². The lowest BCUT2D eigenvalue weighted by Crippen LogP contribution is -2.34. The van der Waals surface area contributed by atoms with Gasteiger partial charge in [-0.25, -0.2) is 4.57 Å². The first-order valence-corrected chi connectivity index (χ1v) is 20.2. The number of aliphatic carboxylic acids is 1. The average molecular weight is 728 g/mol. The van der Waals surface area contributed by atoms with Crippen molar-refractivity contribution in [2.24, 2.45) is 5.73 Å². The maximum Gasteiger partial charge on any atom is 0.472 e. The minimum absolute atomic E-state index is 0.0850. The predicted molar refractivity (Wildman–Crippen MR) is 198 cm³/mol. The Kier molecular flexibility index (Phi) is 31.9. The van der Waals surface area contributed by atoms with E-state index in [1.54, 1.807) is 0 Å². The van der Waals surface area contributed by atoms with Crippen molar-refractivity contribution < 1.29 is 47.5 Å². The van der Waals surface area contributed by atoms with Crippen LogP contribution in [-0.4, -0.2) is 59.9 Å². The van der Waals surface area contributed by atoms with Gasteiger partial charge in [0.2, 0.25) is 0 Å². The normalized spacial score (nSPS) is 14.5. The number of rotatable bonds is 34. The molecule has 0 amide bonds. The molecule has 0 fully saturated rings. The van der Waals surface area contributed by atoms with Gasteiger partial charge in [-0.2, -0.15) is 0 Å². The summed E-state index contributed by atoms with van der Waals surface area (Å²) in [7, 11) is -4.72. The summed E-state index contributed by atoms with van der Waals surface area (Å²) in [5.74, 6) is -2.46. The molecule has 0 rings (SSSR count). The fourth-order valence-corrected chi connectivity index (χ4v) is 5.36. The summed E-state index contributed by atoms with van der Waals surface area (Å²) < 4.78 is 32.4. The Morgan fingerprint density at radius 1 is 0.620 bits per heavy atom. The summed E-state index contributed by atoms with van der Waals surface area (Å²) >= 11 is 0. The van der Waals surface area contributed by atoms with Gasteiger partial charge in [-0.05, 0) is 51.4 Å². The maximum absolute atomic E-state index is 12.5. The highest BCUT2D eigenvalue weighted by atomic mass is 31.2. The molecule has 0 aliphatic heterocycles. The van der Waals surface area contributed by atoms with Crippen molar-refractivity contribution >= 4 is 25.7 Å². The van der Waals surface area contributed by atoms with Gasteiger partial charge in [-0.15, -0.1) is 0 Å². The quantitative estimate of drug-likeness (QED) is 0.0250. The SMILES string of the molecule is CCCCC/C=C\C/C=C\C/C=C\C/C=C\CCCC(=O)O[C@H](COC(=O)CCCCCCCCCCC)COP(=O)(O)OC[C@H](N)C(=O)O. The zero-order valence-electron chi connectivity index (χ0n) is 30.7. The molecule has 0 saturated heterocycles. The van der Waals surface area contributed by atoms with Crippen LogP contribution in [0.15, 0.2) is 48.6 Å². The Morgan fingerprint density at radius 2 is 1.08 bits per heavy atom. The number of carboxylic acid groups (broad SMARTS) is 1. The number of hydrogen-bond donors (Lipinski definition) is 3. The number of esters is 2. The summed E-state index contributed by atoms with van der Waals surface area (Å²) in [6, 6.07) is -1.53. The molecule has 0 saturated carbocycles. The van der Waals surface area contributed by atoms with Crippen LogP contribution in [0, 0.1) is 0 Å². The molecule has 0 aliphatic carbocycles. The molecular weight excluding hydrogens is 661 g/mol. The third kappa shape index (κ3) is 32.6. The van der Waals surface area contributed by atoms with Crippen LogP contribution in [0.2, 0.25) is 0 Å². The van der Waals surface area contributed by atoms with E-state index in [2.05, 4.69) is 54.8 Å². The first-order valence-electron chi connectivity index (χ1n) is 18.7. The highest BCUT2D eigenvalue weighted by Gasteiger charge is 2.28. The second-order valence-electron chi connectivity index (χ2n) is 12.4. The number of ether oxygens (including phenoxy) is 2. The van der Waals surface area contributed by atoms with Crippen molar-refractivity contribution in [3.8, 4) is 0 Å². The Balaban J connectivity index is 4.55. The third-order valence-electron chi connectivity index (χ3n) is 7.58. The molecular formula is C38H66NO10P. The number of carboxylic acids is 1. The number of nitrogens with two attached hydrogens (primary N) is 1. The molecule has 12 heteroatoms. The topological polar surface area (TPSA) is 172 Å². The van der Waals surface area contributed by atoms with Gasteiger partial charge in [0, 0.05) is 12.8 Å². The summed E-state index contributed by atoms with van der Waals surface area (Å²) in [5.41, 5.74) is 5.30. The molecule has 0 aliphatic rings. The van der Waals surface area contributed by atoms with E-state index in [9.17, 15) is 23.8 Å². The van der Waals surface area contributed by atoms with E-state index < -0.39 is 51.1 Å². The van der Waals surface area contributed by atoms with Gasteiger partial charge in [0.25, 0.3) is 0 Å². The summed E-state index contributed by atoms with van der Waals surface area (Å²) in [6.07, 6.45) is 34.9. The van der Waals surface area contributed by atoms with Gasteiger partial charge in [-0.1, -0.05) is 127 Å². The van der Waals surface area contributed by atoms with Crippen molar-refractivity contribution in [1.82, 2.24) is 0 Å². The van der Waals surface area contributed by atoms with E-state index in [0.717, 1.165) is 44.9 Å². The molecule has 0 heterocycles. The number of unbranched alkanes of at least 4 members (excludes halogenated alkanes) is 12. The molecule has 4 N–H and O–H groups in total. The first-order chi connectivity index (χ1) is 24.1. The van der Waals surface area contributed by atoms with E-state index in [1.807, 2.05) is 12.2 Å². The number of phosphoric ester groups is 1. The van der Waals surface area contributed by atoms with Gasteiger partial charge in [0.15, 0.2) is 6.10 Å². The van der Waals surface area contributed by atoms with Crippen molar-refractivity contribution in [2.75, 3.05) is 19.8 Å². The van der Waals surface area contributed by atoms with E-state index >= 15 is 0 Å². The third-order valence-corrected chi connectivity index (χ3v) is 8.53. The van der Waals surface area contributed by atoms with Crippen LogP contribution in [0.4, 0.5) is 0 Å². The predicted octanol–water partition coefficient (Wildman–Crippen LogP) is 9.05. The number of allylic oxidation sites excluding steroid dienone is 8. The Bertz CT molecular complexity index is 1040. The molecule has 0 aromatic heterocycles. The van der Waals surface area contributed by atoms with E-state index in [4.69, 9.17) is 24.8 Å². The molecule has 0 radical (unpaired) electrons. The molecule has 1 unspecified atom stereocenters. The molecule has 3 atom stereocenters. The van der Waals surface area contributed by atoms with Crippen molar-refractivity contribution in [2.45, 2.75) is 154 Å². The van der Waals surface area contributed by atoms with E-state index in [0.29, 0.717) is 19.3 Å². The van der Waals surface area contributed by atoms with Crippen LogP contribution in [0.25, 0.3) is 0 Å². The van der Waals surface area contributed by atoms with Crippen LogP contribution in [-0.2, 0) is 37.5 Å². The highest BCUT2D eigenvalue weighted by Crippen LogP contribution is 2.43. The summed E-state index contributed by atoms with van der Waals surface area (Å²) in [5, 5.41) is 8.84. The monoisotopic (exact) mass is 727 g/mol. The van der Waals surface area contributed by atoms with Gasteiger partial charge in [-0.3, -0.25) is 23.4 Å². The van der Waals surface area contributed by atoms with Gasteiger partial charge < -0.3 is 25.2 Å². The van der Waals surface area contributed by atoms with Crippen molar-refractivity contribution in [3.05, 3.63) is 48.6 Å². The fourth-order valence-electron chi connectivity index (χ4n) is 4.58. The van der Waals surface area contributed by atoms with Crippen molar-refractivity contribution in [3.63, 3.8) is 0 Å². The minimum atomic E-state index is -4.72. The Labute approximate surface area is 301 Å². The van der Waals surface area contributed by atoms with Gasteiger partial charge in [0.05, 0.1) is 13.2 Å². The van der Waals surface area contributed by atoms with Crippen molar-refractivity contribution in [1.29, 1.82) is 0 Å². The van der Waals surface area contributed by atoms with E-state index in [-0.39, 0.29) is 19.4 Å². The number of carbonyl (C=O) groups is 3. The van der Waals surface area contributed by atoms with Crippen LogP contribution < -0.4 is 5.73 Å². The second kappa shape index (κ2) is 33.6. The van der Waals surface area contributed by atoms with Crippen LogP contribution in [0.1, 0.15) is 142 Å². The molecule has 288 valence electrons. The Hall–Kier alpha value is -2.56. The molecule has 50 heavy (non-hydrogen) atoms. The summed E-state index contributed by atoms with van der Waals surface area (Å²) in [4.78, 5) is 45.6. The zero-order valence-corrected chi connectivity index (χ0v) is 31.6. The summed E-state index contributed by atoms with van der Waals surface area (Å²) in [6.45, 7) is 2.66. The number of phosphoric acid groups is 1. The standard InChI is InChI=1S/C38H66NO10P/c1-3-5-7-9-11-13-14-15-16-17-18-19-20-22-24-26-28-30-37(41)49-34(32-47-50(44,45)48-33-35(39)38(42)43)31-46-36(40)29-27-25-23-21-12-10-8-6-4-2/h11,13,15-16,18-19,22,24,34-35H,3-10,12,14,17,20-21,23,25-33,39H2,1-2H3,(H,42,43)(H,44,45)/b13-11-,16-15-,19-18-,24-22-/t34-,35+/m1/s1. The van der Waals surface area contributed by atoms with Gasteiger partial charge >= 0.3 is 25.7 Å². The second-order valence-corrected chi connectivity index (χ2v) is 13.8. The average Bonchev–Trinajstić information content (AvgIpc) is 3.09. The lowest BCUT2D eigenvalue weighted by molar-refractivity contribution is -0.161. The molecule has 0 aromatic rings. The lowest BCUT2D eigenvalue weighted by Gasteiger charge is -2.20. The van der Waals surface area contributed by atoms with Crippen LogP contribution >= 0.6 is 7.82 Å². The highest BCUT2D eigenvalue weighted by molar-refractivity contribution is 7.47. The van der Waals surface area contributed by atoms with Crippen LogP contribution in [0.5, 0.6) is 0 Å². The van der Waals surface area contributed by atoms with Crippen LogP contribution in [0.3, 0.4) is 0 Å². The zero-order chi connectivity index (χ0) is 37.1. The largest absolute Gasteiger partial charge is 0.480 e. The number of carbonyl (C=O) groups excluding carboxylic acids is 2. The molecule has 0 spiro atoms. The Morgan fingerprint density at radius 3 is 1.64 bits per heavy atom. The lowest BCUT2D eigenvalue weighted by atomic mass is 10.1. The minimum Gasteiger partial charge on any atom is -0.480 e. The fraction of sp³-hybridized carbons (Fsp3) is 0.711. The number of hydrogen-bond acceptors (Lipinski definition) is 9. The first kappa shape index (κ1) is 47.4. The smallest absolute Gasteiger partial charge is 0.472 e. The van der Waals surface area contributed by atoms with E-state index in [1.165, 1.54) is 51.4 Å². The molecule has 0 aromatic carbocycles. The molecule has 11 nitrogen and oxygen atoms in total. The maximum atomic E-state index is 12.5. The molecule has 0 bridgehead atoms.